The largest absolute Gasteiger partial charge is 0.368 e. The number of hydrogen-bond acceptors (Lipinski definition) is 4. The average Bonchev–Trinajstić information content (AvgIpc) is 2.93. The van der Waals surface area contributed by atoms with Crippen molar-refractivity contribution in [2.45, 2.75) is 23.9 Å². The highest BCUT2D eigenvalue weighted by atomic mass is 32.2. The van der Waals surface area contributed by atoms with Gasteiger partial charge in [-0.1, -0.05) is 18.2 Å². The Balaban J connectivity index is 1.62. The Morgan fingerprint density at radius 1 is 1.39 bits per heavy atom. The van der Waals surface area contributed by atoms with Crippen molar-refractivity contribution in [3.8, 4) is 0 Å². The summed E-state index contributed by atoms with van der Waals surface area (Å²) in [6.07, 6.45) is 3.93. The van der Waals surface area contributed by atoms with Crippen molar-refractivity contribution in [1.29, 1.82) is 0 Å². The Kier molecular flexibility index (Phi) is 4.52. The van der Waals surface area contributed by atoms with E-state index in [1.807, 2.05) is 18.2 Å². The van der Waals surface area contributed by atoms with Crippen LogP contribution in [-0.4, -0.2) is 27.5 Å². The molecule has 4 N–H and O–H groups in total. The van der Waals surface area contributed by atoms with E-state index in [1.54, 1.807) is 18.0 Å². The van der Waals surface area contributed by atoms with Gasteiger partial charge in [0.1, 0.15) is 6.54 Å². The number of urea groups is 1. The minimum absolute atomic E-state index is 0.00638. The van der Waals surface area contributed by atoms with E-state index in [9.17, 15) is 9.59 Å². The van der Waals surface area contributed by atoms with Crippen LogP contribution in [0.15, 0.2) is 41.6 Å². The Morgan fingerprint density at radius 2 is 2.22 bits per heavy atom. The van der Waals surface area contributed by atoms with Gasteiger partial charge in [0.25, 0.3) is 0 Å². The number of hydrogen-bond donors (Lipinski definition) is 3. The molecule has 0 spiro atoms. The molecule has 120 valence electrons. The monoisotopic (exact) mass is 331 g/mol. The summed E-state index contributed by atoms with van der Waals surface area (Å²) in [5.74, 6) is 0.485. The SMILES string of the molecule is NC(=O)Cn1cc(NC(=O)NC2CCSc3ccccc32)cn1. The summed E-state index contributed by atoms with van der Waals surface area (Å²) < 4.78 is 1.38. The van der Waals surface area contributed by atoms with Gasteiger partial charge in [0, 0.05) is 16.8 Å². The van der Waals surface area contributed by atoms with Crippen LogP contribution in [0.1, 0.15) is 18.0 Å². The summed E-state index contributed by atoms with van der Waals surface area (Å²) in [7, 11) is 0. The van der Waals surface area contributed by atoms with Gasteiger partial charge in [-0.05, 0) is 18.1 Å². The predicted molar refractivity (Wildman–Crippen MR) is 88.1 cm³/mol. The van der Waals surface area contributed by atoms with Gasteiger partial charge in [-0.2, -0.15) is 5.10 Å². The van der Waals surface area contributed by atoms with E-state index < -0.39 is 5.91 Å². The molecule has 3 rings (SSSR count). The van der Waals surface area contributed by atoms with Crippen LogP contribution in [0.4, 0.5) is 10.5 Å². The first-order chi connectivity index (χ1) is 11.1. The number of nitrogens with zero attached hydrogens (tertiary/aromatic N) is 2. The lowest BCUT2D eigenvalue weighted by Gasteiger charge is -2.25. The van der Waals surface area contributed by atoms with Crippen molar-refractivity contribution in [1.82, 2.24) is 15.1 Å². The van der Waals surface area contributed by atoms with Gasteiger partial charge in [-0.15, -0.1) is 11.8 Å². The smallest absolute Gasteiger partial charge is 0.319 e. The molecule has 23 heavy (non-hydrogen) atoms. The fraction of sp³-hybridized carbons (Fsp3) is 0.267. The Bertz CT molecular complexity index is 730. The highest BCUT2D eigenvalue weighted by Crippen LogP contribution is 2.35. The lowest BCUT2D eigenvalue weighted by atomic mass is 10.0. The maximum atomic E-state index is 12.2. The summed E-state index contributed by atoms with van der Waals surface area (Å²) in [5.41, 5.74) is 6.76. The number of rotatable bonds is 4. The fourth-order valence-electron chi connectivity index (χ4n) is 2.49. The van der Waals surface area contributed by atoms with E-state index >= 15 is 0 Å². The lowest BCUT2D eigenvalue weighted by Crippen LogP contribution is -2.34. The number of nitrogens with one attached hydrogen (secondary N) is 2. The first-order valence-electron chi connectivity index (χ1n) is 7.22. The third-order valence-corrected chi connectivity index (χ3v) is 4.60. The molecule has 0 bridgehead atoms. The molecule has 8 heteroatoms. The zero-order chi connectivity index (χ0) is 16.2. The van der Waals surface area contributed by atoms with Crippen molar-refractivity contribution in [2.24, 2.45) is 5.73 Å². The van der Waals surface area contributed by atoms with Crippen LogP contribution in [0, 0.1) is 0 Å². The fourth-order valence-corrected chi connectivity index (χ4v) is 3.62. The zero-order valence-corrected chi connectivity index (χ0v) is 13.2. The second-order valence-electron chi connectivity index (χ2n) is 5.22. The summed E-state index contributed by atoms with van der Waals surface area (Å²) in [4.78, 5) is 24.2. The molecule has 2 heterocycles. The van der Waals surface area contributed by atoms with Crippen molar-refractivity contribution < 1.29 is 9.59 Å². The molecule has 1 aliphatic heterocycles. The highest BCUT2D eigenvalue weighted by molar-refractivity contribution is 7.99. The number of carbonyl (C=O) groups is 2. The van der Waals surface area contributed by atoms with Crippen LogP contribution in [0.25, 0.3) is 0 Å². The minimum Gasteiger partial charge on any atom is -0.368 e. The molecule has 1 aliphatic rings. The first-order valence-corrected chi connectivity index (χ1v) is 8.20. The molecule has 0 fully saturated rings. The van der Waals surface area contributed by atoms with E-state index in [-0.39, 0.29) is 18.6 Å². The predicted octanol–water partition coefficient (Wildman–Crippen LogP) is 1.73. The number of carbonyl (C=O) groups excluding carboxylic acids is 2. The number of amides is 3. The van der Waals surface area contributed by atoms with E-state index in [2.05, 4.69) is 21.8 Å². The second-order valence-corrected chi connectivity index (χ2v) is 6.36. The number of fused-ring (bicyclic) bond motifs is 1. The molecule has 0 radical (unpaired) electrons. The number of primary amides is 1. The summed E-state index contributed by atoms with van der Waals surface area (Å²) in [6, 6.07) is 7.78. The van der Waals surface area contributed by atoms with E-state index in [0.717, 1.165) is 17.7 Å². The van der Waals surface area contributed by atoms with Gasteiger partial charge in [0.15, 0.2) is 0 Å². The van der Waals surface area contributed by atoms with Crippen LogP contribution in [0.2, 0.25) is 0 Å². The summed E-state index contributed by atoms with van der Waals surface area (Å²) in [6.45, 7) is -0.0173. The third-order valence-electron chi connectivity index (χ3n) is 3.47. The van der Waals surface area contributed by atoms with Crippen LogP contribution in [-0.2, 0) is 11.3 Å². The quantitative estimate of drug-likeness (QED) is 0.794. The normalized spacial score (nSPS) is 16.4. The van der Waals surface area contributed by atoms with Crippen LogP contribution in [0.5, 0.6) is 0 Å². The molecule has 0 aliphatic carbocycles. The molecular formula is C15H17N5O2S. The van der Waals surface area contributed by atoms with E-state index in [4.69, 9.17) is 5.73 Å². The van der Waals surface area contributed by atoms with Gasteiger partial charge < -0.3 is 16.4 Å². The van der Waals surface area contributed by atoms with Gasteiger partial charge >= 0.3 is 6.03 Å². The highest BCUT2D eigenvalue weighted by Gasteiger charge is 2.21. The average molecular weight is 331 g/mol. The van der Waals surface area contributed by atoms with Crippen molar-refractivity contribution >= 4 is 29.4 Å². The summed E-state index contributed by atoms with van der Waals surface area (Å²) >= 11 is 1.80. The molecule has 7 nitrogen and oxygen atoms in total. The van der Waals surface area contributed by atoms with Crippen LogP contribution >= 0.6 is 11.8 Å². The maximum Gasteiger partial charge on any atom is 0.319 e. The summed E-state index contributed by atoms with van der Waals surface area (Å²) in [5, 5.41) is 9.67. The maximum absolute atomic E-state index is 12.2. The number of aromatic nitrogens is 2. The van der Waals surface area contributed by atoms with Gasteiger partial charge in [-0.25, -0.2) is 4.79 Å². The molecule has 1 aromatic carbocycles. The molecule has 0 saturated heterocycles. The number of nitrogens with two attached hydrogens (primary N) is 1. The van der Waals surface area contributed by atoms with Gasteiger partial charge in [0.05, 0.1) is 17.9 Å². The number of thioether (sulfide) groups is 1. The van der Waals surface area contributed by atoms with Gasteiger partial charge in [0.2, 0.25) is 5.91 Å². The zero-order valence-electron chi connectivity index (χ0n) is 12.4. The molecule has 3 amide bonds. The van der Waals surface area contributed by atoms with E-state index in [1.165, 1.54) is 15.8 Å². The van der Waals surface area contributed by atoms with Crippen molar-refractivity contribution in [3.05, 3.63) is 42.2 Å². The van der Waals surface area contributed by atoms with E-state index in [0.29, 0.717) is 5.69 Å². The number of benzene rings is 1. The first kappa shape index (κ1) is 15.4. The van der Waals surface area contributed by atoms with Crippen molar-refractivity contribution in [2.75, 3.05) is 11.1 Å². The Hall–Kier alpha value is -2.48. The molecule has 2 aromatic rings. The molecule has 1 aromatic heterocycles. The number of anilines is 1. The van der Waals surface area contributed by atoms with Crippen LogP contribution in [0.3, 0.4) is 0 Å². The van der Waals surface area contributed by atoms with Crippen molar-refractivity contribution in [3.63, 3.8) is 0 Å². The minimum atomic E-state index is -0.486. The molecule has 0 saturated carbocycles. The second kappa shape index (κ2) is 6.74. The topological polar surface area (TPSA) is 102 Å². The lowest BCUT2D eigenvalue weighted by molar-refractivity contribution is -0.118. The van der Waals surface area contributed by atoms with Gasteiger partial charge in [-0.3, -0.25) is 9.48 Å². The molecule has 1 unspecified atom stereocenters. The Labute approximate surface area is 137 Å². The standard InChI is InChI=1S/C15H17N5O2S/c16-14(21)9-20-8-10(7-17-20)18-15(22)19-12-5-6-23-13-4-2-1-3-11(12)13/h1-4,7-8,12H,5-6,9H2,(H2,16,21)(H2,18,19,22). The Morgan fingerprint density at radius 3 is 3.04 bits per heavy atom. The third kappa shape index (κ3) is 3.84. The molecule has 1 atom stereocenters. The van der Waals surface area contributed by atoms with Crippen LogP contribution < -0.4 is 16.4 Å². The molecular weight excluding hydrogens is 314 g/mol.